The molecule has 1 fully saturated rings. The van der Waals surface area contributed by atoms with Crippen molar-refractivity contribution in [3.05, 3.63) is 24.5 Å². The lowest BCUT2D eigenvalue weighted by molar-refractivity contribution is -0.150. The highest BCUT2D eigenvalue weighted by Gasteiger charge is 2.40. The van der Waals surface area contributed by atoms with Gasteiger partial charge in [-0.25, -0.2) is 8.42 Å². The van der Waals surface area contributed by atoms with Crippen molar-refractivity contribution in [2.24, 2.45) is 5.41 Å². The number of nitrogens with zero attached hydrogens (tertiary/aromatic N) is 2. The van der Waals surface area contributed by atoms with Gasteiger partial charge < -0.3 is 5.11 Å². The Labute approximate surface area is 112 Å². The molecule has 0 aromatic carbocycles. The van der Waals surface area contributed by atoms with Gasteiger partial charge >= 0.3 is 5.97 Å². The molecule has 19 heavy (non-hydrogen) atoms. The Hall–Kier alpha value is -1.47. The SMILES string of the molecule is CC1(C(=O)O)CCN(S(=O)(=O)c2cccnc2)CC1. The second-order valence-corrected chi connectivity index (χ2v) is 6.90. The Morgan fingerprint density at radius 3 is 2.53 bits per heavy atom. The molecular weight excluding hydrogens is 268 g/mol. The molecule has 7 heteroatoms. The van der Waals surface area contributed by atoms with Gasteiger partial charge in [-0.2, -0.15) is 4.31 Å². The Morgan fingerprint density at radius 2 is 2.05 bits per heavy atom. The van der Waals surface area contributed by atoms with Crippen LogP contribution in [-0.2, 0) is 14.8 Å². The third kappa shape index (κ3) is 2.62. The number of sulfonamides is 1. The van der Waals surface area contributed by atoms with E-state index in [9.17, 15) is 13.2 Å². The van der Waals surface area contributed by atoms with Crippen LogP contribution < -0.4 is 0 Å². The molecular formula is C12H16N2O4S. The quantitative estimate of drug-likeness (QED) is 0.893. The molecule has 1 N–H and O–H groups in total. The highest BCUT2D eigenvalue weighted by atomic mass is 32.2. The zero-order valence-corrected chi connectivity index (χ0v) is 11.4. The first-order valence-corrected chi connectivity index (χ1v) is 7.44. The van der Waals surface area contributed by atoms with Gasteiger partial charge in [-0.05, 0) is 31.9 Å². The topological polar surface area (TPSA) is 87.6 Å². The number of piperidine rings is 1. The minimum Gasteiger partial charge on any atom is -0.481 e. The van der Waals surface area contributed by atoms with E-state index in [0.29, 0.717) is 12.8 Å². The van der Waals surface area contributed by atoms with Gasteiger partial charge in [0.2, 0.25) is 10.0 Å². The summed E-state index contributed by atoms with van der Waals surface area (Å²) >= 11 is 0. The first-order chi connectivity index (χ1) is 8.86. The van der Waals surface area contributed by atoms with Crippen LogP contribution in [0.15, 0.2) is 29.4 Å². The smallest absolute Gasteiger partial charge is 0.309 e. The summed E-state index contributed by atoms with van der Waals surface area (Å²) in [5.74, 6) is -0.870. The van der Waals surface area contributed by atoms with Gasteiger partial charge in [0.05, 0.1) is 5.41 Å². The van der Waals surface area contributed by atoms with E-state index in [2.05, 4.69) is 4.98 Å². The molecule has 1 saturated heterocycles. The molecule has 0 atom stereocenters. The third-order valence-corrected chi connectivity index (χ3v) is 5.50. The van der Waals surface area contributed by atoms with E-state index in [4.69, 9.17) is 5.11 Å². The summed E-state index contributed by atoms with van der Waals surface area (Å²) in [5, 5.41) is 9.13. The molecule has 2 heterocycles. The van der Waals surface area contributed by atoms with Gasteiger partial charge in [-0.15, -0.1) is 0 Å². The van der Waals surface area contributed by atoms with Crippen LogP contribution in [0, 0.1) is 5.41 Å². The normalized spacial score (nSPS) is 20.1. The summed E-state index contributed by atoms with van der Waals surface area (Å²) in [6, 6.07) is 3.06. The number of carboxylic acid groups (broad SMARTS) is 1. The van der Waals surface area contributed by atoms with Gasteiger partial charge in [-0.3, -0.25) is 9.78 Å². The highest BCUT2D eigenvalue weighted by molar-refractivity contribution is 7.89. The predicted octanol–water partition coefficient (Wildman–Crippen LogP) is 0.957. The lowest BCUT2D eigenvalue weighted by Gasteiger charge is -2.35. The van der Waals surface area contributed by atoms with Crippen molar-refractivity contribution in [2.75, 3.05) is 13.1 Å². The maximum atomic E-state index is 12.3. The van der Waals surface area contributed by atoms with Gasteiger partial charge in [0.1, 0.15) is 4.90 Å². The number of hydrogen-bond acceptors (Lipinski definition) is 4. The van der Waals surface area contributed by atoms with Crippen LogP contribution in [0.5, 0.6) is 0 Å². The van der Waals surface area contributed by atoms with Gasteiger partial charge in [0, 0.05) is 25.5 Å². The second kappa shape index (κ2) is 4.90. The van der Waals surface area contributed by atoms with E-state index in [0.717, 1.165) is 0 Å². The van der Waals surface area contributed by atoms with E-state index >= 15 is 0 Å². The summed E-state index contributed by atoms with van der Waals surface area (Å²) in [6.07, 6.45) is 3.46. The Balaban J connectivity index is 2.16. The highest BCUT2D eigenvalue weighted by Crippen LogP contribution is 2.33. The fraction of sp³-hybridized carbons (Fsp3) is 0.500. The summed E-state index contributed by atoms with van der Waals surface area (Å²) in [6.45, 7) is 2.10. The molecule has 1 aliphatic heterocycles. The molecule has 2 rings (SSSR count). The van der Waals surface area contributed by atoms with E-state index in [-0.39, 0.29) is 18.0 Å². The minimum absolute atomic E-state index is 0.147. The van der Waals surface area contributed by atoms with Crippen LogP contribution in [0.1, 0.15) is 19.8 Å². The maximum absolute atomic E-state index is 12.3. The van der Waals surface area contributed by atoms with Crippen LogP contribution >= 0.6 is 0 Å². The number of aliphatic carboxylic acids is 1. The summed E-state index contributed by atoms with van der Waals surface area (Å²) < 4.78 is 25.9. The van der Waals surface area contributed by atoms with Crippen molar-refractivity contribution in [3.63, 3.8) is 0 Å². The molecule has 1 aliphatic rings. The molecule has 1 aromatic rings. The summed E-state index contributed by atoms with van der Waals surface area (Å²) in [4.78, 5) is 15.1. The lowest BCUT2D eigenvalue weighted by atomic mass is 9.81. The van der Waals surface area contributed by atoms with Gasteiger partial charge in [0.15, 0.2) is 0 Å². The summed E-state index contributed by atoms with van der Waals surface area (Å²) in [7, 11) is -3.56. The molecule has 0 spiro atoms. The van der Waals surface area contributed by atoms with Crippen molar-refractivity contribution in [1.82, 2.24) is 9.29 Å². The zero-order chi connectivity index (χ0) is 14.1. The number of pyridine rings is 1. The number of rotatable bonds is 3. The molecule has 0 saturated carbocycles. The third-order valence-electron chi connectivity index (χ3n) is 3.61. The molecule has 0 unspecified atom stereocenters. The molecule has 104 valence electrons. The average Bonchev–Trinajstić information content (AvgIpc) is 2.40. The average molecular weight is 284 g/mol. The molecule has 1 aromatic heterocycles. The Kier molecular flexibility index (Phi) is 3.60. The van der Waals surface area contributed by atoms with Crippen LogP contribution in [0.3, 0.4) is 0 Å². The number of carboxylic acids is 1. The monoisotopic (exact) mass is 284 g/mol. The van der Waals surface area contributed by atoms with Gasteiger partial charge in [-0.1, -0.05) is 0 Å². The van der Waals surface area contributed by atoms with E-state index in [1.165, 1.54) is 22.8 Å². The van der Waals surface area contributed by atoms with Crippen molar-refractivity contribution in [2.45, 2.75) is 24.7 Å². The molecule has 0 amide bonds. The fourth-order valence-electron chi connectivity index (χ4n) is 2.08. The number of carbonyl (C=O) groups is 1. The van der Waals surface area contributed by atoms with Crippen molar-refractivity contribution >= 4 is 16.0 Å². The number of hydrogen-bond donors (Lipinski definition) is 1. The largest absolute Gasteiger partial charge is 0.481 e. The molecule has 0 aliphatic carbocycles. The molecule has 0 bridgehead atoms. The van der Waals surface area contributed by atoms with Crippen LogP contribution in [0.25, 0.3) is 0 Å². The van der Waals surface area contributed by atoms with E-state index < -0.39 is 21.4 Å². The van der Waals surface area contributed by atoms with Crippen molar-refractivity contribution in [3.8, 4) is 0 Å². The van der Waals surface area contributed by atoms with Gasteiger partial charge in [0.25, 0.3) is 0 Å². The van der Waals surface area contributed by atoms with Crippen LogP contribution in [-0.4, -0.2) is 41.9 Å². The Bertz CT molecular complexity index is 563. The fourth-order valence-corrected chi connectivity index (χ4v) is 3.49. The lowest BCUT2D eigenvalue weighted by Crippen LogP contribution is -2.45. The van der Waals surface area contributed by atoms with Crippen molar-refractivity contribution in [1.29, 1.82) is 0 Å². The molecule has 6 nitrogen and oxygen atoms in total. The second-order valence-electron chi connectivity index (χ2n) is 4.96. The van der Waals surface area contributed by atoms with Crippen LogP contribution in [0.4, 0.5) is 0 Å². The predicted molar refractivity (Wildman–Crippen MR) is 68.0 cm³/mol. The van der Waals surface area contributed by atoms with E-state index in [1.807, 2.05) is 0 Å². The molecule has 0 radical (unpaired) electrons. The minimum atomic E-state index is -3.56. The Morgan fingerprint density at radius 1 is 1.42 bits per heavy atom. The number of aromatic nitrogens is 1. The first-order valence-electron chi connectivity index (χ1n) is 6.00. The standard InChI is InChI=1S/C12H16N2O4S/c1-12(11(15)16)4-7-14(8-5-12)19(17,18)10-3-2-6-13-9-10/h2-3,6,9H,4-5,7-8H2,1H3,(H,15,16). The van der Waals surface area contributed by atoms with Crippen molar-refractivity contribution < 1.29 is 18.3 Å². The summed E-state index contributed by atoms with van der Waals surface area (Å²) in [5.41, 5.74) is -0.832. The maximum Gasteiger partial charge on any atom is 0.309 e. The first kappa shape index (κ1) is 14.0. The van der Waals surface area contributed by atoms with Crippen LogP contribution in [0.2, 0.25) is 0 Å². The zero-order valence-electron chi connectivity index (χ0n) is 10.6. The van der Waals surface area contributed by atoms with E-state index in [1.54, 1.807) is 13.0 Å².